The summed E-state index contributed by atoms with van der Waals surface area (Å²) in [5, 5.41) is 27.1. The predicted octanol–water partition coefficient (Wildman–Crippen LogP) is 11.2. The van der Waals surface area contributed by atoms with Crippen LogP contribution in [0.1, 0.15) is 51.3 Å². The fourth-order valence-corrected chi connectivity index (χ4v) is 7.40. The number of anilines is 4. The van der Waals surface area contributed by atoms with Gasteiger partial charge in [0, 0.05) is 62.6 Å². The van der Waals surface area contributed by atoms with Gasteiger partial charge in [-0.15, -0.1) is 34.8 Å². The Morgan fingerprint density at radius 2 is 1.01 bits per heavy atom. The topological polar surface area (TPSA) is 218 Å². The van der Waals surface area contributed by atoms with Gasteiger partial charge in [-0.2, -0.15) is 20.5 Å². The number of amides is 4. The number of benzene rings is 5. The standard InChI is InChI=1S/C47H43Cl5N8O8/c1-25(61)42(59-57-38-22-27(11-14-33(38)51)44(63)55-36-7-5-9-40(67-3)31(36)17-19-48)46(65)53-30-13-16-35(29(21-30)24-50)54-47(66)43(26(2)62)60-58-39-23-28(12-15-34(39)52)45(64)56-37-8-6-10-41(68-4)32(37)18-20-49/h5-16,21-23,42-43H,17-20,24H2,1-4H3,(H,53,65)(H,54,66)(H,55,63)(H,56,64). The number of methoxy groups -OCH3 is 2. The van der Waals surface area contributed by atoms with Crippen molar-refractivity contribution in [2.45, 2.75) is 44.7 Å². The number of nitrogens with zero attached hydrogens (tertiary/aromatic N) is 4. The molecule has 0 saturated heterocycles. The lowest BCUT2D eigenvalue weighted by atomic mass is 10.1. The summed E-state index contributed by atoms with van der Waals surface area (Å²) in [6, 6.07) is 19.9. The van der Waals surface area contributed by atoms with Gasteiger partial charge in [0.05, 0.1) is 24.3 Å². The SMILES string of the molecule is COc1cccc(NC(=O)c2ccc(Cl)c(N=NC(C(C)=O)C(=O)Nc3ccc(NC(=O)C(N=Nc4cc(C(=O)Nc5cccc(OC)c5CCCl)ccc4Cl)C(C)=O)c(CCl)c3)c2)c1CCCl. The molecule has 4 amide bonds. The minimum absolute atomic E-state index is 0.0108. The molecule has 0 aromatic heterocycles. The van der Waals surface area contributed by atoms with Gasteiger partial charge >= 0.3 is 0 Å². The first-order valence-electron chi connectivity index (χ1n) is 20.4. The van der Waals surface area contributed by atoms with E-state index in [0.29, 0.717) is 64.2 Å². The summed E-state index contributed by atoms with van der Waals surface area (Å²) in [7, 11) is 3.03. The summed E-state index contributed by atoms with van der Waals surface area (Å²) in [6.45, 7) is 2.30. The number of ketones is 2. The van der Waals surface area contributed by atoms with Crippen molar-refractivity contribution in [2.24, 2.45) is 20.5 Å². The second-order valence-corrected chi connectivity index (χ2v) is 16.4. The minimum atomic E-state index is -1.65. The second-order valence-electron chi connectivity index (χ2n) is 14.5. The Hall–Kier alpha value is -6.43. The maximum Gasteiger partial charge on any atom is 0.258 e. The molecule has 0 spiro atoms. The van der Waals surface area contributed by atoms with Gasteiger partial charge in [-0.1, -0.05) is 35.3 Å². The zero-order valence-corrected chi connectivity index (χ0v) is 40.6. The second kappa shape index (κ2) is 25.1. The molecule has 21 heteroatoms. The normalized spacial score (nSPS) is 12.0. The number of halogens is 5. The number of alkyl halides is 3. The van der Waals surface area contributed by atoms with Gasteiger partial charge in [0.1, 0.15) is 22.9 Å². The van der Waals surface area contributed by atoms with E-state index in [4.69, 9.17) is 67.5 Å². The highest BCUT2D eigenvalue weighted by Gasteiger charge is 2.26. The van der Waals surface area contributed by atoms with E-state index in [1.54, 1.807) is 36.4 Å². The molecule has 68 heavy (non-hydrogen) atoms. The Morgan fingerprint density at radius 3 is 1.43 bits per heavy atom. The van der Waals surface area contributed by atoms with Gasteiger partial charge in [0.2, 0.25) is 12.1 Å². The average molecular weight is 1030 g/mol. The Labute approximate surface area is 416 Å². The molecule has 5 aromatic rings. The van der Waals surface area contributed by atoms with Crippen LogP contribution >= 0.6 is 58.0 Å². The van der Waals surface area contributed by atoms with E-state index in [9.17, 15) is 28.8 Å². The van der Waals surface area contributed by atoms with Crippen LogP contribution in [0.5, 0.6) is 11.5 Å². The lowest BCUT2D eigenvalue weighted by molar-refractivity contribution is -0.127. The maximum atomic E-state index is 13.5. The van der Waals surface area contributed by atoms with Crippen molar-refractivity contribution >= 4 is 127 Å². The van der Waals surface area contributed by atoms with Crippen LogP contribution < -0.4 is 30.7 Å². The number of rotatable bonds is 21. The Kier molecular flexibility index (Phi) is 19.4. The number of azo groups is 2. The number of Topliss-reactive ketones (excluding diaryl/α,β-unsaturated/α-hetero) is 2. The number of hydrogen-bond acceptors (Lipinski definition) is 12. The Bertz CT molecular complexity index is 2790. The monoisotopic (exact) mass is 1020 g/mol. The van der Waals surface area contributed by atoms with E-state index >= 15 is 0 Å². The fourth-order valence-electron chi connectivity index (χ4n) is 6.50. The minimum Gasteiger partial charge on any atom is -0.496 e. The van der Waals surface area contributed by atoms with Crippen LogP contribution in [0.15, 0.2) is 111 Å². The number of hydrogen-bond donors (Lipinski definition) is 4. The van der Waals surface area contributed by atoms with Crippen molar-refractivity contribution in [1.82, 2.24) is 0 Å². The van der Waals surface area contributed by atoms with Gasteiger partial charge in [-0.3, -0.25) is 28.8 Å². The van der Waals surface area contributed by atoms with E-state index in [0.717, 1.165) is 13.8 Å². The number of nitrogens with one attached hydrogen (secondary N) is 4. The highest BCUT2D eigenvalue weighted by atomic mass is 35.5. The first kappa shape index (κ1) is 52.5. The highest BCUT2D eigenvalue weighted by molar-refractivity contribution is 6.33. The number of carbonyl (C=O) groups excluding carboxylic acids is 6. The molecule has 0 heterocycles. The van der Waals surface area contributed by atoms with E-state index in [-0.39, 0.29) is 49.8 Å². The highest BCUT2D eigenvalue weighted by Crippen LogP contribution is 2.33. The molecular weight excluding hydrogens is 982 g/mol. The maximum absolute atomic E-state index is 13.5. The van der Waals surface area contributed by atoms with Crippen LogP contribution in [0, 0.1) is 0 Å². The number of carbonyl (C=O) groups is 6. The molecule has 0 radical (unpaired) electrons. The summed E-state index contributed by atoms with van der Waals surface area (Å²) >= 11 is 31.0. The van der Waals surface area contributed by atoms with Crippen molar-refractivity contribution in [2.75, 3.05) is 47.2 Å². The van der Waals surface area contributed by atoms with Crippen molar-refractivity contribution in [1.29, 1.82) is 0 Å². The first-order valence-corrected chi connectivity index (χ1v) is 22.8. The molecule has 5 rings (SSSR count). The third-order valence-electron chi connectivity index (χ3n) is 9.91. The van der Waals surface area contributed by atoms with Crippen LogP contribution in [0.4, 0.5) is 34.1 Å². The van der Waals surface area contributed by atoms with Crippen LogP contribution in [0.2, 0.25) is 10.0 Å². The molecule has 354 valence electrons. The van der Waals surface area contributed by atoms with Crippen molar-refractivity contribution < 1.29 is 38.2 Å². The van der Waals surface area contributed by atoms with Gasteiger partial charge in [0.25, 0.3) is 23.6 Å². The van der Waals surface area contributed by atoms with Crippen molar-refractivity contribution in [3.63, 3.8) is 0 Å². The first-order chi connectivity index (χ1) is 32.6. The lowest BCUT2D eigenvalue weighted by Gasteiger charge is -2.15. The molecule has 4 N–H and O–H groups in total. The predicted molar refractivity (Wildman–Crippen MR) is 265 cm³/mol. The van der Waals surface area contributed by atoms with E-state index in [1.165, 1.54) is 68.8 Å². The summed E-state index contributed by atoms with van der Waals surface area (Å²) in [4.78, 5) is 78.8. The summed E-state index contributed by atoms with van der Waals surface area (Å²) in [5.41, 5.74) is 3.41. The Morgan fingerprint density at radius 1 is 0.559 bits per heavy atom. The van der Waals surface area contributed by atoms with Crippen LogP contribution in [-0.4, -0.2) is 73.3 Å². The summed E-state index contributed by atoms with van der Waals surface area (Å²) in [5.74, 6) is -2.53. The molecule has 0 aliphatic carbocycles. The lowest BCUT2D eigenvalue weighted by Crippen LogP contribution is -2.32. The molecule has 5 aromatic carbocycles. The van der Waals surface area contributed by atoms with Gasteiger partial charge in [0.15, 0.2) is 11.6 Å². The zero-order chi connectivity index (χ0) is 49.5. The van der Waals surface area contributed by atoms with Crippen LogP contribution in [-0.2, 0) is 37.9 Å². The summed E-state index contributed by atoms with van der Waals surface area (Å²) < 4.78 is 10.8. The molecular formula is C47H43Cl5N8O8. The smallest absolute Gasteiger partial charge is 0.258 e. The molecule has 16 nitrogen and oxygen atoms in total. The number of ether oxygens (including phenoxy) is 2. The third kappa shape index (κ3) is 13.6. The molecule has 0 aliphatic heterocycles. The largest absolute Gasteiger partial charge is 0.496 e. The quantitative estimate of drug-likeness (QED) is 0.0314. The zero-order valence-electron chi connectivity index (χ0n) is 36.8. The summed E-state index contributed by atoms with van der Waals surface area (Å²) in [6.07, 6.45) is 0.865. The van der Waals surface area contributed by atoms with Gasteiger partial charge in [-0.05, 0) is 111 Å². The van der Waals surface area contributed by atoms with E-state index in [2.05, 4.69) is 41.7 Å². The molecule has 0 aliphatic rings. The van der Waals surface area contributed by atoms with Gasteiger partial charge in [-0.25, -0.2) is 0 Å². The van der Waals surface area contributed by atoms with Crippen LogP contribution in [0.3, 0.4) is 0 Å². The van der Waals surface area contributed by atoms with Crippen molar-refractivity contribution in [3.05, 3.63) is 129 Å². The average Bonchev–Trinajstić information content (AvgIpc) is 3.31. The molecule has 2 atom stereocenters. The Balaban J connectivity index is 1.27. The molecule has 0 fully saturated rings. The third-order valence-corrected chi connectivity index (χ3v) is 11.2. The van der Waals surface area contributed by atoms with E-state index in [1.807, 2.05) is 0 Å². The van der Waals surface area contributed by atoms with Crippen LogP contribution in [0.25, 0.3) is 0 Å². The van der Waals surface area contributed by atoms with Crippen molar-refractivity contribution in [3.8, 4) is 11.5 Å². The molecule has 0 saturated carbocycles. The fraction of sp³-hybridized carbons (Fsp3) is 0.234. The van der Waals surface area contributed by atoms with E-state index < -0.39 is 47.3 Å². The van der Waals surface area contributed by atoms with Gasteiger partial charge < -0.3 is 30.7 Å². The molecule has 2 unspecified atom stereocenters. The molecule has 0 bridgehead atoms.